The van der Waals surface area contributed by atoms with Crippen molar-refractivity contribution in [2.75, 3.05) is 6.61 Å². The van der Waals surface area contributed by atoms with Crippen LogP contribution in [0.25, 0.3) is 0 Å². The van der Waals surface area contributed by atoms with Crippen LogP contribution in [0, 0.1) is 0 Å². The van der Waals surface area contributed by atoms with Gasteiger partial charge in [0, 0.05) is 25.8 Å². The Labute approximate surface area is 120 Å². The van der Waals surface area contributed by atoms with Crippen molar-refractivity contribution in [3.63, 3.8) is 0 Å². The molecular formula is C16H23N3O. The van der Waals surface area contributed by atoms with Gasteiger partial charge >= 0.3 is 0 Å². The van der Waals surface area contributed by atoms with E-state index in [1.807, 2.05) is 29.9 Å². The molecule has 0 saturated heterocycles. The lowest BCUT2D eigenvalue weighted by Crippen LogP contribution is -2.13. The minimum atomic E-state index is 0.706. The maximum Gasteiger partial charge on any atom is 0.119 e. The average Bonchev–Trinajstić information content (AvgIpc) is 2.89. The Morgan fingerprint density at radius 1 is 1.10 bits per heavy atom. The van der Waals surface area contributed by atoms with Gasteiger partial charge in [-0.2, -0.15) is 5.10 Å². The second-order valence-corrected chi connectivity index (χ2v) is 4.75. The summed E-state index contributed by atoms with van der Waals surface area (Å²) in [5.41, 5.74) is 2.34. The maximum absolute atomic E-state index is 5.43. The van der Waals surface area contributed by atoms with Gasteiger partial charge < -0.3 is 10.1 Å². The molecular weight excluding hydrogens is 250 g/mol. The van der Waals surface area contributed by atoms with Crippen LogP contribution in [0.15, 0.2) is 36.5 Å². The average molecular weight is 273 g/mol. The lowest BCUT2D eigenvalue weighted by Gasteiger charge is -2.06. The van der Waals surface area contributed by atoms with Gasteiger partial charge in [-0.3, -0.25) is 4.68 Å². The molecule has 0 amide bonds. The molecule has 2 aromatic rings. The number of ether oxygens (including phenoxy) is 1. The van der Waals surface area contributed by atoms with Crippen LogP contribution in [-0.2, 0) is 19.6 Å². The summed E-state index contributed by atoms with van der Waals surface area (Å²) in [6.45, 7) is 7.48. The Morgan fingerprint density at radius 2 is 1.90 bits per heavy atom. The predicted octanol–water partition coefficient (Wildman–Crippen LogP) is 2.98. The number of nitrogens with one attached hydrogen (secondary N) is 1. The van der Waals surface area contributed by atoms with Gasteiger partial charge in [0.1, 0.15) is 5.75 Å². The Balaban J connectivity index is 1.76. The molecule has 0 aliphatic carbocycles. The zero-order valence-corrected chi connectivity index (χ0v) is 12.3. The van der Waals surface area contributed by atoms with E-state index in [2.05, 4.69) is 35.5 Å². The number of aromatic nitrogens is 2. The van der Waals surface area contributed by atoms with Crippen LogP contribution in [0.4, 0.5) is 0 Å². The molecule has 0 saturated carbocycles. The van der Waals surface area contributed by atoms with Gasteiger partial charge in [-0.15, -0.1) is 0 Å². The van der Waals surface area contributed by atoms with Crippen molar-refractivity contribution in [2.45, 2.75) is 39.9 Å². The molecule has 4 nitrogen and oxygen atoms in total. The van der Waals surface area contributed by atoms with E-state index < -0.39 is 0 Å². The first-order valence-corrected chi connectivity index (χ1v) is 7.26. The molecule has 0 unspecified atom stereocenters. The van der Waals surface area contributed by atoms with E-state index in [0.29, 0.717) is 6.61 Å². The highest BCUT2D eigenvalue weighted by Crippen LogP contribution is 2.11. The van der Waals surface area contributed by atoms with Crippen molar-refractivity contribution in [1.29, 1.82) is 0 Å². The summed E-state index contributed by atoms with van der Waals surface area (Å²) in [6, 6.07) is 10.3. The van der Waals surface area contributed by atoms with Gasteiger partial charge in [-0.1, -0.05) is 19.1 Å². The SMILES string of the molecule is CCCn1ccc(CNCc2ccc(OCC)cc2)n1. The largest absolute Gasteiger partial charge is 0.494 e. The number of hydrogen-bond acceptors (Lipinski definition) is 3. The monoisotopic (exact) mass is 273 g/mol. The number of nitrogens with zero attached hydrogens (tertiary/aromatic N) is 2. The lowest BCUT2D eigenvalue weighted by molar-refractivity contribution is 0.340. The van der Waals surface area contributed by atoms with Gasteiger partial charge in [-0.05, 0) is 37.1 Å². The summed E-state index contributed by atoms with van der Waals surface area (Å²) in [5, 5.41) is 7.91. The van der Waals surface area contributed by atoms with Crippen molar-refractivity contribution in [3.8, 4) is 5.75 Å². The second kappa shape index (κ2) is 7.70. The van der Waals surface area contributed by atoms with Crippen LogP contribution in [0.3, 0.4) is 0 Å². The Morgan fingerprint density at radius 3 is 2.60 bits per heavy atom. The smallest absolute Gasteiger partial charge is 0.119 e. The summed E-state index contributed by atoms with van der Waals surface area (Å²) in [5.74, 6) is 0.926. The quantitative estimate of drug-likeness (QED) is 0.803. The van der Waals surface area contributed by atoms with E-state index >= 15 is 0 Å². The third-order valence-electron chi connectivity index (χ3n) is 3.02. The molecule has 2 rings (SSSR count). The Hall–Kier alpha value is -1.81. The standard InChI is InChI=1S/C16H23N3O/c1-3-10-19-11-9-15(18-19)13-17-12-14-5-7-16(8-6-14)20-4-2/h5-9,11,17H,3-4,10,12-13H2,1-2H3. The van der Waals surface area contributed by atoms with Crippen LogP contribution >= 0.6 is 0 Å². The first kappa shape index (κ1) is 14.6. The molecule has 0 aliphatic heterocycles. The van der Waals surface area contributed by atoms with Crippen LogP contribution < -0.4 is 10.1 Å². The lowest BCUT2D eigenvalue weighted by atomic mass is 10.2. The molecule has 0 atom stereocenters. The van der Waals surface area contributed by atoms with Crippen molar-refractivity contribution >= 4 is 0 Å². The fraction of sp³-hybridized carbons (Fsp3) is 0.438. The van der Waals surface area contributed by atoms with Crippen molar-refractivity contribution in [2.24, 2.45) is 0 Å². The summed E-state index contributed by atoms with van der Waals surface area (Å²) in [4.78, 5) is 0. The maximum atomic E-state index is 5.43. The van der Waals surface area contributed by atoms with Crippen LogP contribution in [0.2, 0.25) is 0 Å². The normalized spacial score (nSPS) is 10.7. The van der Waals surface area contributed by atoms with Gasteiger partial charge in [0.15, 0.2) is 0 Å². The molecule has 1 aromatic carbocycles. The molecule has 0 bridgehead atoms. The topological polar surface area (TPSA) is 39.1 Å². The zero-order chi connectivity index (χ0) is 14.2. The van der Waals surface area contributed by atoms with E-state index in [4.69, 9.17) is 4.74 Å². The molecule has 0 fully saturated rings. The fourth-order valence-corrected chi connectivity index (χ4v) is 2.06. The van der Waals surface area contributed by atoms with E-state index in [1.165, 1.54) is 5.56 Å². The molecule has 0 aliphatic rings. The molecule has 1 heterocycles. The molecule has 0 radical (unpaired) electrons. The Bertz CT molecular complexity index is 505. The molecule has 4 heteroatoms. The van der Waals surface area contributed by atoms with Crippen molar-refractivity contribution < 1.29 is 4.74 Å². The summed E-state index contributed by atoms with van der Waals surface area (Å²) in [7, 11) is 0. The van der Waals surface area contributed by atoms with Crippen LogP contribution in [-0.4, -0.2) is 16.4 Å². The minimum absolute atomic E-state index is 0.706. The number of hydrogen-bond donors (Lipinski definition) is 1. The zero-order valence-electron chi connectivity index (χ0n) is 12.3. The summed E-state index contributed by atoms with van der Waals surface area (Å²) < 4.78 is 7.42. The highest BCUT2D eigenvalue weighted by Gasteiger charge is 1.99. The summed E-state index contributed by atoms with van der Waals surface area (Å²) >= 11 is 0. The second-order valence-electron chi connectivity index (χ2n) is 4.75. The third-order valence-corrected chi connectivity index (χ3v) is 3.02. The van der Waals surface area contributed by atoms with E-state index in [9.17, 15) is 0 Å². The van der Waals surface area contributed by atoms with E-state index in [1.54, 1.807) is 0 Å². The minimum Gasteiger partial charge on any atom is -0.494 e. The Kier molecular flexibility index (Phi) is 5.62. The van der Waals surface area contributed by atoms with Gasteiger partial charge in [-0.25, -0.2) is 0 Å². The number of benzene rings is 1. The van der Waals surface area contributed by atoms with E-state index in [-0.39, 0.29) is 0 Å². The highest BCUT2D eigenvalue weighted by molar-refractivity contribution is 5.27. The molecule has 1 aromatic heterocycles. The van der Waals surface area contributed by atoms with E-state index in [0.717, 1.165) is 37.5 Å². The number of rotatable bonds is 8. The molecule has 1 N–H and O–H groups in total. The van der Waals surface area contributed by atoms with Crippen molar-refractivity contribution in [3.05, 3.63) is 47.8 Å². The number of aryl methyl sites for hydroxylation is 1. The first-order chi connectivity index (χ1) is 9.81. The van der Waals surface area contributed by atoms with Crippen molar-refractivity contribution in [1.82, 2.24) is 15.1 Å². The molecule has 0 spiro atoms. The van der Waals surface area contributed by atoms with Gasteiger partial charge in [0.25, 0.3) is 0 Å². The van der Waals surface area contributed by atoms with Crippen LogP contribution in [0.1, 0.15) is 31.5 Å². The molecule has 108 valence electrons. The summed E-state index contributed by atoms with van der Waals surface area (Å²) in [6.07, 6.45) is 3.15. The third kappa shape index (κ3) is 4.38. The van der Waals surface area contributed by atoms with Crippen LogP contribution in [0.5, 0.6) is 5.75 Å². The van der Waals surface area contributed by atoms with Gasteiger partial charge in [0.05, 0.1) is 12.3 Å². The molecule has 20 heavy (non-hydrogen) atoms. The first-order valence-electron chi connectivity index (χ1n) is 7.26. The van der Waals surface area contributed by atoms with Gasteiger partial charge in [0.2, 0.25) is 0 Å². The highest BCUT2D eigenvalue weighted by atomic mass is 16.5. The predicted molar refractivity (Wildman–Crippen MR) is 80.7 cm³/mol. The fourth-order valence-electron chi connectivity index (χ4n) is 2.06.